The Balaban J connectivity index is 2.73. The van der Waals surface area contributed by atoms with Crippen molar-refractivity contribution in [3.05, 3.63) is 34.6 Å². The Morgan fingerprint density at radius 2 is 2.00 bits per heavy atom. The molecule has 1 rings (SSSR count). The topological polar surface area (TPSA) is 26.0 Å². The van der Waals surface area contributed by atoms with Crippen LogP contribution in [0.3, 0.4) is 0 Å². The highest BCUT2D eigenvalue weighted by molar-refractivity contribution is 6.31. The minimum Gasteiger partial charge on any atom is -0.324 e. The molecule has 0 saturated heterocycles. The highest BCUT2D eigenvalue weighted by atomic mass is 35.5. The second-order valence-corrected chi connectivity index (χ2v) is 4.60. The predicted molar refractivity (Wildman–Crippen MR) is 62.4 cm³/mol. The fourth-order valence-electron chi connectivity index (χ4n) is 1.48. The van der Waals surface area contributed by atoms with E-state index >= 15 is 0 Å². The van der Waals surface area contributed by atoms with Gasteiger partial charge in [0.2, 0.25) is 0 Å². The Kier molecular flexibility index (Phi) is 4.55. The van der Waals surface area contributed by atoms with E-state index in [1.165, 1.54) is 6.07 Å². The Labute approximate surface area is 95.4 Å². The average Bonchev–Trinajstić information content (AvgIpc) is 2.18. The first-order chi connectivity index (χ1) is 7.02. The van der Waals surface area contributed by atoms with Crippen LogP contribution in [0.2, 0.25) is 5.02 Å². The third kappa shape index (κ3) is 3.47. The van der Waals surface area contributed by atoms with Crippen molar-refractivity contribution in [2.45, 2.75) is 32.7 Å². The molecule has 0 spiro atoms. The zero-order valence-electron chi connectivity index (χ0n) is 9.13. The molecule has 0 aromatic heterocycles. The van der Waals surface area contributed by atoms with E-state index in [0.29, 0.717) is 11.5 Å². The fourth-order valence-corrected chi connectivity index (χ4v) is 1.74. The lowest BCUT2D eigenvalue weighted by molar-refractivity contribution is 0.505. The maximum atomic E-state index is 13.2. The lowest BCUT2D eigenvalue weighted by atomic mass is 9.98. The molecule has 1 nitrogen and oxygen atoms in total. The number of hydrogen-bond donors (Lipinski definition) is 1. The van der Waals surface area contributed by atoms with Gasteiger partial charge in [-0.15, -0.1) is 0 Å². The van der Waals surface area contributed by atoms with E-state index in [2.05, 4.69) is 13.8 Å². The van der Waals surface area contributed by atoms with E-state index in [1.54, 1.807) is 12.1 Å². The van der Waals surface area contributed by atoms with Crippen LogP contribution >= 0.6 is 11.6 Å². The van der Waals surface area contributed by atoms with E-state index in [-0.39, 0.29) is 11.1 Å². The molecular formula is C12H17ClFN. The summed E-state index contributed by atoms with van der Waals surface area (Å²) in [7, 11) is 0. The molecule has 0 fully saturated rings. The Hall–Kier alpha value is -0.600. The van der Waals surface area contributed by atoms with Gasteiger partial charge in [0.1, 0.15) is 5.82 Å². The van der Waals surface area contributed by atoms with E-state index in [9.17, 15) is 4.39 Å². The van der Waals surface area contributed by atoms with Crippen LogP contribution in [-0.2, 0) is 0 Å². The third-order valence-corrected chi connectivity index (χ3v) is 2.83. The second kappa shape index (κ2) is 5.47. The van der Waals surface area contributed by atoms with Crippen molar-refractivity contribution in [1.82, 2.24) is 0 Å². The van der Waals surface area contributed by atoms with Crippen LogP contribution in [0.15, 0.2) is 18.2 Å². The normalized spacial score (nSPS) is 13.2. The highest BCUT2D eigenvalue weighted by Crippen LogP contribution is 2.27. The van der Waals surface area contributed by atoms with Crippen LogP contribution in [0.25, 0.3) is 0 Å². The molecule has 1 unspecified atom stereocenters. The van der Waals surface area contributed by atoms with E-state index < -0.39 is 5.82 Å². The third-order valence-electron chi connectivity index (χ3n) is 2.44. The van der Waals surface area contributed by atoms with Crippen molar-refractivity contribution < 1.29 is 4.39 Å². The van der Waals surface area contributed by atoms with E-state index in [0.717, 1.165) is 12.8 Å². The number of halogens is 2. The first kappa shape index (κ1) is 12.5. The monoisotopic (exact) mass is 229 g/mol. The van der Waals surface area contributed by atoms with Crippen molar-refractivity contribution >= 4 is 11.6 Å². The average molecular weight is 230 g/mol. The number of rotatable bonds is 4. The molecular weight excluding hydrogens is 213 g/mol. The van der Waals surface area contributed by atoms with Gasteiger partial charge in [-0.05, 0) is 30.4 Å². The number of benzene rings is 1. The van der Waals surface area contributed by atoms with Gasteiger partial charge in [-0.3, -0.25) is 0 Å². The summed E-state index contributed by atoms with van der Waals surface area (Å²) in [4.78, 5) is 0. The van der Waals surface area contributed by atoms with Gasteiger partial charge in [0, 0.05) is 6.04 Å². The molecule has 0 aliphatic carbocycles. The van der Waals surface area contributed by atoms with Crippen LogP contribution in [0.4, 0.5) is 4.39 Å². The number of hydrogen-bond acceptors (Lipinski definition) is 1. The Morgan fingerprint density at radius 1 is 1.33 bits per heavy atom. The fraction of sp³-hybridized carbons (Fsp3) is 0.500. The SMILES string of the molecule is CC(C)CCC(N)c1cccc(F)c1Cl. The molecule has 2 N–H and O–H groups in total. The molecule has 15 heavy (non-hydrogen) atoms. The lowest BCUT2D eigenvalue weighted by Crippen LogP contribution is -2.12. The summed E-state index contributed by atoms with van der Waals surface area (Å²) in [6.45, 7) is 4.28. The van der Waals surface area contributed by atoms with Crippen molar-refractivity contribution in [3.8, 4) is 0 Å². The smallest absolute Gasteiger partial charge is 0.142 e. The van der Waals surface area contributed by atoms with Crippen LogP contribution < -0.4 is 5.73 Å². The summed E-state index contributed by atoms with van der Waals surface area (Å²) in [5, 5.41) is 0.161. The molecule has 0 saturated carbocycles. The summed E-state index contributed by atoms with van der Waals surface area (Å²) < 4.78 is 13.2. The molecule has 0 amide bonds. The first-order valence-electron chi connectivity index (χ1n) is 5.22. The van der Waals surface area contributed by atoms with E-state index in [4.69, 9.17) is 17.3 Å². The Morgan fingerprint density at radius 3 is 2.60 bits per heavy atom. The van der Waals surface area contributed by atoms with Gasteiger partial charge in [0.25, 0.3) is 0 Å². The molecule has 0 radical (unpaired) electrons. The maximum absolute atomic E-state index is 13.2. The highest BCUT2D eigenvalue weighted by Gasteiger charge is 2.13. The first-order valence-corrected chi connectivity index (χ1v) is 5.59. The molecule has 0 aliphatic rings. The van der Waals surface area contributed by atoms with Gasteiger partial charge in [0.15, 0.2) is 0 Å². The number of nitrogens with two attached hydrogens (primary N) is 1. The molecule has 1 aromatic rings. The van der Waals surface area contributed by atoms with Crippen molar-refractivity contribution in [3.63, 3.8) is 0 Å². The van der Waals surface area contributed by atoms with Gasteiger partial charge in [-0.25, -0.2) is 4.39 Å². The molecule has 0 bridgehead atoms. The summed E-state index contributed by atoms with van der Waals surface area (Å²) in [5.74, 6) is 0.206. The van der Waals surface area contributed by atoms with Crippen LogP contribution in [0.5, 0.6) is 0 Å². The standard InChI is InChI=1S/C12H17ClFN/c1-8(2)6-7-11(15)9-4-3-5-10(14)12(9)13/h3-5,8,11H,6-7,15H2,1-2H3. The van der Waals surface area contributed by atoms with Gasteiger partial charge < -0.3 is 5.73 Å². The van der Waals surface area contributed by atoms with Crippen LogP contribution in [0, 0.1) is 11.7 Å². The Bertz CT molecular complexity index is 325. The van der Waals surface area contributed by atoms with Crippen LogP contribution in [-0.4, -0.2) is 0 Å². The largest absolute Gasteiger partial charge is 0.324 e. The lowest BCUT2D eigenvalue weighted by Gasteiger charge is -2.15. The quantitative estimate of drug-likeness (QED) is 0.832. The molecule has 0 aliphatic heterocycles. The molecule has 84 valence electrons. The summed E-state index contributed by atoms with van der Waals surface area (Å²) in [5.41, 5.74) is 6.67. The maximum Gasteiger partial charge on any atom is 0.142 e. The predicted octanol–water partition coefficient (Wildman–Crippen LogP) is 3.92. The molecule has 3 heteroatoms. The zero-order valence-corrected chi connectivity index (χ0v) is 9.89. The molecule has 0 heterocycles. The summed E-state index contributed by atoms with van der Waals surface area (Å²) >= 11 is 5.85. The minimum absolute atomic E-state index is 0.161. The zero-order chi connectivity index (χ0) is 11.4. The minimum atomic E-state index is -0.394. The van der Waals surface area contributed by atoms with E-state index in [1.807, 2.05) is 0 Å². The molecule has 1 aromatic carbocycles. The summed E-state index contributed by atoms with van der Waals surface area (Å²) in [6, 6.07) is 4.61. The second-order valence-electron chi connectivity index (χ2n) is 4.22. The molecule has 1 atom stereocenters. The van der Waals surface area contributed by atoms with Gasteiger partial charge in [0.05, 0.1) is 5.02 Å². The van der Waals surface area contributed by atoms with Crippen molar-refractivity contribution in [2.75, 3.05) is 0 Å². The van der Waals surface area contributed by atoms with Crippen molar-refractivity contribution in [2.24, 2.45) is 11.7 Å². The summed E-state index contributed by atoms with van der Waals surface area (Å²) in [6.07, 6.45) is 1.86. The van der Waals surface area contributed by atoms with Gasteiger partial charge in [-0.1, -0.05) is 37.6 Å². The van der Waals surface area contributed by atoms with Gasteiger partial charge in [-0.2, -0.15) is 0 Å². The van der Waals surface area contributed by atoms with Crippen LogP contribution in [0.1, 0.15) is 38.3 Å². The van der Waals surface area contributed by atoms with Crippen molar-refractivity contribution in [1.29, 1.82) is 0 Å². The van der Waals surface area contributed by atoms with Gasteiger partial charge >= 0.3 is 0 Å².